The highest BCUT2D eigenvalue weighted by atomic mass is 16.5. The summed E-state index contributed by atoms with van der Waals surface area (Å²) in [5.41, 5.74) is 9.93. The lowest BCUT2D eigenvalue weighted by Gasteiger charge is -2.13. The molecule has 2 unspecified atom stereocenters. The monoisotopic (exact) mass is 251 g/mol. The Bertz CT molecular complexity index is 392. The molecule has 4 nitrogen and oxygen atoms in total. The van der Waals surface area contributed by atoms with Crippen LogP contribution in [0, 0.1) is 0 Å². The summed E-state index contributed by atoms with van der Waals surface area (Å²) in [4.78, 5) is 0. The van der Waals surface area contributed by atoms with E-state index in [0.717, 1.165) is 38.9 Å². The summed E-state index contributed by atoms with van der Waals surface area (Å²) in [6.45, 7) is 8.09. The second-order valence-corrected chi connectivity index (χ2v) is 5.22. The number of hydrogen-bond donors (Lipinski definition) is 1. The SMILES string of the molecule is CCc1nn(C2CCOC2)c(CC)c1CC(C)N. The van der Waals surface area contributed by atoms with Crippen molar-refractivity contribution in [1.29, 1.82) is 0 Å². The fraction of sp³-hybridized carbons (Fsp3) is 0.786. The Labute approximate surface area is 110 Å². The van der Waals surface area contributed by atoms with Crippen molar-refractivity contribution in [1.82, 2.24) is 9.78 Å². The minimum atomic E-state index is 0.193. The molecule has 0 bridgehead atoms. The zero-order valence-corrected chi connectivity index (χ0v) is 11.8. The Kier molecular flexibility index (Phi) is 4.40. The lowest BCUT2D eigenvalue weighted by atomic mass is 10.0. The van der Waals surface area contributed by atoms with Gasteiger partial charge in [0, 0.05) is 18.3 Å². The molecule has 0 saturated carbocycles. The maximum Gasteiger partial charge on any atom is 0.0777 e. The molecule has 0 amide bonds. The molecule has 2 N–H and O–H groups in total. The molecule has 18 heavy (non-hydrogen) atoms. The lowest BCUT2D eigenvalue weighted by Crippen LogP contribution is -2.20. The quantitative estimate of drug-likeness (QED) is 0.869. The molecular formula is C14H25N3O. The molecule has 1 aromatic heterocycles. The molecule has 2 heterocycles. The largest absolute Gasteiger partial charge is 0.379 e. The number of nitrogens with zero attached hydrogens (tertiary/aromatic N) is 2. The van der Waals surface area contributed by atoms with Gasteiger partial charge < -0.3 is 10.5 Å². The van der Waals surface area contributed by atoms with Gasteiger partial charge in [-0.05, 0) is 38.2 Å². The molecule has 1 aliphatic heterocycles. The van der Waals surface area contributed by atoms with Crippen LogP contribution in [0.25, 0.3) is 0 Å². The third kappa shape index (κ3) is 2.59. The van der Waals surface area contributed by atoms with E-state index >= 15 is 0 Å². The van der Waals surface area contributed by atoms with Gasteiger partial charge in [-0.25, -0.2) is 0 Å². The van der Waals surface area contributed by atoms with Gasteiger partial charge in [-0.15, -0.1) is 0 Å². The van der Waals surface area contributed by atoms with Crippen molar-refractivity contribution in [2.24, 2.45) is 5.73 Å². The Morgan fingerprint density at radius 1 is 1.44 bits per heavy atom. The smallest absolute Gasteiger partial charge is 0.0777 e. The van der Waals surface area contributed by atoms with E-state index in [1.54, 1.807) is 0 Å². The Morgan fingerprint density at radius 3 is 2.72 bits per heavy atom. The standard InChI is InChI=1S/C14H25N3O/c1-4-13-12(8-10(3)15)14(5-2)17(16-13)11-6-7-18-9-11/h10-11H,4-9,15H2,1-3H3. The Hall–Kier alpha value is -0.870. The highest BCUT2D eigenvalue weighted by Gasteiger charge is 2.24. The van der Waals surface area contributed by atoms with Crippen molar-refractivity contribution in [3.8, 4) is 0 Å². The minimum absolute atomic E-state index is 0.193. The molecule has 1 fully saturated rings. The molecular weight excluding hydrogens is 226 g/mol. The van der Waals surface area contributed by atoms with Gasteiger partial charge in [0.15, 0.2) is 0 Å². The van der Waals surface area contributed by atoms with Crippen LogP contribution in [0.5, 0.6) is 0 Å². The summed E-state index contributed by atoms with van der Waals surface area (Å²) >= 11 is 0. The lowest BCUT2D eigenvalue weighted by molar-refractivity contribution is 0.184. The molecule has 1 aromatic rings. The van der Waals surface area contributed by atoms with Crippen LogP contribution in [0.2, 0.25) is 0 Å². The van der Waals surface area contributed by atoms with Crippen LogP contribution in [0.4, 0.5) is 0 Å². The number of aryl methyl sites for hydroxylation is 1. The normalized spacial score (nSPS) is 21.4. The summed E-state index contributed by atoms with van der Waals surface area (Å²) in [5, 5.41) is 4.82. The summed E-state index contributed by atoms with van der Waals surface area (Å²) in [6.07, 6.45) is 4.01. The predicted molar refractivity (Wildman–Crippen MR) is 72.8 cm³/mol. The van der Waals surface area contributed by atoms with Crippen molar-refractivity contribution < 1.29 is 4.74 Å². The molecule has 1 aliphatic rings. The van der Waals surface area contributed by atoms with Gasteiger partial charge in [0.2, 0.25) is 0 Å². The number of rotatable bonds is 5. The van der Waals surface area contributed by atoms with Crippen LogP contribution in [0.15, 0.2) is 0 Å². The third-order valence-electron chi connectivity index (χ3n) is 3.65. The average Bonchev–Trinajstić information content (AvgIpc) is 2.94. The van der Waals surface area contributed by atoms with Crippen molar-refractivity contribution in [3.63, 3.8) is 0 Å². The summed E-state index contributed by atoms with van der Waals surface area (Å²) in [6, 6.07) is 0.616. The first-order valence-corrected chi connectivity index (χ1v) is 7.09. The van der Waals surface area contributed by atoms with Gasteiger partial charge in [0.05, 0.1) is 18.3 Å². The minimum Gasteiger partial charge on any atom is -0.379 e. The van der Waals surface area contributed by atoms with Gasteiger partial charge in [0.1, 0.15) is 0 Å². The van der Waals surface area contributed by atoms with Gasteiger partial charge in [-0.2, -0.15) is 5.10 Å². The van der Waals surface area contributed by atoms with Crippen LogP contribution >= 0.6 is 0 Å². The second kappa shape index (κ2) is 5.85. The van der Waals surface area contributed by atoms with Gasteiger partial charge >= 0.3 is 0 Å². The fourth-order valence-corrected chi connectivity index (χ4v) is 2.79. The highest BCUT2D eigenvalue weighted by Crippen LogP contribution is 2.25. The van der Waals surface area contributed by atoms with Crippen LogP contribution < -0.4 is 5.73 Å². The van der Waals surface area contributed by atoms with Crippen molar-refractivity contribution in [2.75, 3.05) is 13.2 Å². The van der Waals surface area contributed by atoms with Gasteiger partial charge in [-0.3, -0.25) is 4.68 Å². The molecule has 2 rings (SSSR count). The van der Waals surface area contributed by atoms with Crippen molar-refractivity contribution in [2.45, 2.75) is 58.5 Å². The number of nitrogens with two attached hydrogens (primary N) is 1. The van der Waals surface area contributed by atoms with E-state index in [0.29, 0.717) is 6.04 Å². The maximum absolute atomic E-state index is 5.97. The second-order valence-electron chi connectivity index (χ2n) is 5.22. The van der Waals surface area contributed by atoms with Crippen LogP contribution in [-0.2, 0) is 24.0 Å². The highest BCUT2D eigenvalue weighted by molar-refractivity contribution is 5.28. The zero-order valence-electron chi connectivity index (χ0n) is 11.8. The first-order valence-electron chi connectivity index (χ1n) is 7.09. The molecule has 0 aromatic carbocycles. The number of aromatic nitrogens is 2. The van der Waals surface area contributed by atoms with Gasteiger partial charge in [0.25, 0.3) is 0 Å². The summed E-state index contributed by atoms with van der Waals surface area (Å²) in [7, 11) is 0. The average molecular weight is 251 g/mol. The van der Waals surface area contributed by atoms with E-state index < -0.39 is 0 Å². The van der Waals surface area contributed by atoms with E-state index in [-0.39, 0.29) is 6.04 Å². The molecule has 0 spiro atoms. The first kappa shape index (κ1) is 13.6. The molecule has 2 atom stereocenters. The van der Waals surface area contributed by atoms with Gasteiger partial charge in [-0.1, -0.05) is 13.8 Å². The maximum atomic E-state index is 5.97. The van der Waals surface area contributed by atoms with Crippen molar-refractivity contribution in [3.05, 3.63) is 17.0 Å². The third-order valence-corrected chi connectivity index (χ3v) is 3.65. The number of ether oxygens (including phenoxy) is 1. The zero-order chi connectivity index (χ0) is 13.1. The Morgan fingerprint density at radius 2 is 2.22 bits per heavy atom. The van der Waals surface area contributed by atoms with Crippen molar-refractivity contribution >= 4 is 0 Å². The van der Waals surface area contributed by atoms with Crippen LogP contribution in [0.3, 0.4) is 0 Å². The summed E-state index contributed by atoms with van der Waals surface area (Å²) < 4.78 is 7.70. The molecule has 102 valence electrons. The van der Waals surface area contributed by atoms with Crippen LogP contribution in [0.1, 0.15) is 50.2 Å². The van der Waals surface area contributed by atoms with E-state index in [1.165, 1.54) is 17.0 Å². The predicted octanol–water partition coefficient (Wildman–Crippen LogP) is 1.86. The van der Waals surface area contributed by atoms with E-state index in [2.05, 4.69) is 25.5 Å². The fourth-order valence-electron chi connectivity index (χ4n) is 2.79. The Balaban J connectivity index is 2.36. The topological polar surface area (TPSA) is 53.1 Å². The molecule has 0 aliphatic carbocycles. The molecule has 1 saturated heterocycles. The van der Waals surface area contributed by atoms with E-state index in [1.807, 2.05) is 0 Å². The summed E-state index contributed by atoms with van der Waals surface area (Å²) in [5.74, 6) is 0. The van der Waals surface area contributed by atoms with Crippen LogP contribution in [-0.4, -0.2) is 29.0 Å². The molecule has 0 radical (unpaired) electrons. The first-order chi connectivity index (χ1) is 8.67. The molecule has 4 heteroatoms. The van der Waals surface area contributed by atoms with E-state index in [4.69, 9.17) is 15.6 Å². The van der Waals surface area contributed by atoms with E-state index in [9.17, 15) is 0 Å². The number of hydrogen-bond acceptors (Lipinski definition) is 3.